The van der Waals surface area contributed by atoms with Gasteiger partial charge in [-0.2, -0.15) is 0 Å². The van der Waals surface area contributed by atoms with Crippen LogP contribution >= 0.6 is 0 Å². The van der Waals surface area contributed by atoms with Gasteiger partial charge in [0.25, 0.3) is 0 Å². The maximum absolute atomic E-state index is 12.9. The number of rotatable bonds is 2. The van der Waals surface area contributed by atoms with Crippen LogP contribution in [0.1, 0.15) is 38.6 Å². The van der Waals surface area contributed by atoms with Gasteiger partial charge < -0.3 is 19.9 Å². The maximum Gasteiger partial charge on any atom is 0.230 e. The predicted octanol–water partition coefficient (Wildman–Crippen LogP) is 1.36. The van der Waals surface area contributed by atoms with Crippen molar-refractivity contribution in [3.8, 4) is 0 Å². The van der Waals surface area contributed by atoms with Crippen molar-refractivity contribution in [1.82, 2.24) is 9.55 Å². The third kappa shape index (κ3) is 2.45. The summed E-state index contributed by atoms with van der Waals surface area (Å²) in [5.41, 5.74) is 2.26. The molecule has 0 unspecified atom stereocenters. The summed E-state index contributed by atoms with van der Waals surface area (Å²) in [6, 6.07) is 7.51. The first-order valence-corrected chi connectivity index (χ1v) is 8.70. The van der Waals surface area contributed by atoms with E-state index in [4.69, 9.17) is 9.47 Å². The number of hydrogen-bond acceptors (Lipinski definition) is 7. The smallest absolute Gasteiger partial charge is 0.230 e. The Morgan fingerprint density at radius 3 is 2.78 bits per heavy atom. The molecule has 138 valence electrons. The molecule has 8 nitrogen and oxygen atoms in total. The van der Waals surface area contributed by atoms with E-state index in [1.165, 1.54) is 6.08 Å². The summed E-state index contributed by atoms with van der Waals surface area (Å²) in [7, 11) is 0. The number of imidazole rings is 1. The van der Waals surface area contributed by atoms with Gasteiger partial charge in [-0.1, -0.05) is 17.7 Å². The number of aliphatic hydroxyl groups is 1. The maximum atomic E-state index is 12.9. The number of carbonyl (C=O) groups is 2. The summed E-state index contributed by atoms with van der Waals surface area (Å²) in [6.45, 7) is 2.19. The summed E-state index contributed by atoms with van der Waals surface area (Å²) in [5, 5.41) is 13.0. The summed E-state index contributed by atoms with van der Waals surface area (Å²) < 4.78 is 12.8. The van der Waals surface area contributed by atoms with Crippen LogP contribution in [0.5, 0.6) is 0 Å². The van der Waals surface area contributed by atoms with E-state index in [0.29, 0.717) is 11.5 Å². The Bertz CT molecular complexity index is 992. The number of fused-ring (bicyclic) bond motifs is 5. The van der Waals surface area contributed by atoms with Crippen LogP contribution < -0.4 is 5.32 Å². The number of nitrogens with zero attached hydrogens (tertiary/aromatic N) is 2. The summed E-state index contributed by atoms with van der Waals surface area (Å²) >= 11 is 0. The second kappa shape index (κ2) is 5.85. The fourth-order valence-electron chi connectivity index (χ4n) is 3.69. The van der Waals surface area contributed by atoms with Crippen molar-refractivity contribution in [2.24, 2.45) is 0 Å². The number of aliphatic hydroxyl groups excluding tert-OH is 1. The molecule has 1 saturated heterocycles. The zero-order chi connectivity index (χ0) is 18.7. The molecular formula is C19H17N3O5. The van der Waals surface area contributed by atoms with E-state index in [-0.39, 0.29) is 41.9 Å². The normalized spacial score (nSPS) is 26.3. The SMILES string of the molecule is Cc1ccc(NC2=CC(=O)c3c(nc4n3[C@H]3OC[C@@H](O)[C@H]3OC4)C2=O)cc1. The summed E-state index contributed by atoms with van der Waals surface area (Å²) in [6.07, 6.45) is -0.716. The van der Waals surface area contributed by atoms with Crippen LogP contribution in [-0.4, -0.2) is 45.0 Å². The van der Waals surface area contributed by atoms with Crippen LogP contribution in [0.3, 0.4) is 0 Å². The highest BCUT2D eigenvalue weighted by Crippen LogP contribution is 2.37. The molecule has 3 atom stereocenters. The lowest BCUT2D eigenvalue weighted by atomic mass is 10.0. The Balaban J connectivity index is 1.52. The topological polar surface area (TPSA) is 103 Å². The molecule has 0 amide bonds. The molecule has 8 heteroatoms. The van der Waals surface area contributed by atoms with Gasteiger partial charge in [0.15, 0.2) is 6.23 Å². The van der Waals surface area contributed by atoms with Crippen LogP contribution in [0.2, 0.25) is 0 Å². The highest BCUT2D eigenvalue weighted by Gasteiger charge is 2.46. The number of Topliss-reactive ketones (excluding diaryl/α,β-unsaturated/α-hetero) is 1. The van der Waals surface area contributed by atoms with Gasteiger partial charge in [0.1, 0.15) is 36.0 Å². The first kappa shape index (κ1) is 16.4. The highest BCUT2D eigenvalue weighted by atomic mass is 16.6. The number of aromatic nitrogens is 2. The molecule has 0 radical (unpaired) electrons. The molecule has 27 heavy (non-hydrogen) atoms. The van der Waals surface area contributed by atoms with Gasteiger partial charge in [-0.3, -0.25) is 14.2 Å². The molecule has 1 aromatic carbocycles. The van der Waals surface area contributed by atoms with Gasteiger partial charge in [0.05, 0.1) is 12.3 Å². The number of hydrogen-bond donors (Lipinski definition) is 2. The van der Waals surface area contributed by atoms with Crippen molar-refractivity contribution in [1.29, 1.82) is 0 Å². The zero-order valence-electron chi connectivity index (χ0n) is 14.5. The Labute approximate surface area is 154 Å². The Morgan fingerprint density at radius 1 is 1.22 bits per heavy atom. The van der Waals surface area contributed by atoms with E-state index in [0.717, 1.165) is 5.56 Å². The molecule has 3 heterocycles. The number of nitrogens with one attached hydrogen (secondary N) is 1. The molecule has 2 aromatic rings. The molecule has 1 fully saturated rings. The fraction of sp³-hybridized carbons (Fsp3) is 0.316. The van der Waals surface area contributed by atoms with Crippen molar-refractivity contribution < 1.29 is 24.2 Å². The van der Waals surface area contributed by atoms with Crippen molar-refractivity contribution in [2.75, 3.05) is 11.9 Å². The average Bonchev–Trinajstić information content (AvgIpc) is 3.22. The number of anilines is 1. The summed E-state index contributed by atoms with van der Waals surface area (Å²) in [5.74, 6) is -0.243. The van der Waals surface area contributed by atoms with E-state index < -0.39 is 18.4 Å². The second-order valence-corrected chi connectivity index (χ2v) is 6.90. The van der Waals surface area contributed by atoms with Crippen molar-refractivity contribution >= 4 is 17.3 Å². The standard InChI is InChI=1S/C19H17N3O5/c1-9-2-4-10(5-3-9)20-11-6-12(23)16-15(17(11)25)21-14-8-26-18-13(24)7-27-19(18)22(14)16/h2-6,13,18-20,24H,7-8H2,1H3/t13-,18-,19+/m1/s1. The molecule has 2 aliphatic heterocycles. The van der Waals surface area contributed by atoms with E-state index >= 15 is 0 Å². The molecule has 0 spiro atoms. The molecule has 0 bridgehead atoms. The third-order valence-electron chi connectivity index (χ3n) is 5.04. The third-order valence-corrected chi connectivity index (χ3v) is 5.04. The molecule has 5 rings (SSSR count). The largest absolute Gasteiger partial charge is 0.388 e. The van der Waals surface area contributed by atoms with Crippen LogP contribution in [0.25, 0.3) is 0 Å². The molecular weight excluding hydrogens is 350 g/mol. The minimum Gasteiger partial charge on any atom is -0.388 e. The van der Waals surface area contributed by atoms with Crippen molar-refractivity contribution in [3.63, 3.8) is 0 Å². The van der Waals surface area contributed by atoms with Gasteiger partial charge >= 0.3 is 0 Å². The second-order valence-electron chi connectivity index (χ2n) is 6.90. The van der Waals surface area contributed by atoms with Gasteiger partial charge in [0.2, 0.25) is 11.6 Å². The highest BCUT2D eigenvalue weighted by molar-refractivity contribution is 6.24. The first-order chi connectivity index (χ1) is 13.0. The van der Waals surface area contributed by atoms with E-state index in [1.54, 1.807) is 4.57 Å². The van der Waals surface area contributed by atoms with Gasteiger partial charge in [0, 0.05) is 11.8 Å². The lowest BCUT2D eigenvalue weighted by Crippen LogP contribution is -2.37. The molecule has 2 N–H and O–H groups in total. The van der Waals surface area contributed by atoms with Crippen LogP contribution in [0, 0.1) is 6.92 Å². The molecule has 1 aliphatic carbocycles. The average molecular weight is 367 g/mol. The van der Waals surface area contributed by atoms with Crippen LogP contribution in [-0.2, 0) is 16.1 Å². The van der Waals surface area contributed by atoms with Gasteiger partial charge in [-0.15, -0.1) is 0 Å². The summed E-state index contributed by atoms with van der Waals surface area (Å²) in [4.78, 5) is 30.1. The fourth-order valence-corrected chi connectivity index (χ4v) is 3.69. The number of ether oxygens (including phenoxy) is 2. The van der Waals surface area contributed by atoms with E-state index in [1.807, 2.05) is 31.2 Å². The van der Waals surface area contributed by atoms with Crippen molar-refractivity contribution in [3.05, 3.63) is 58.8 Å². The Kier molecular flexibility index (Phi) is 3.55. The first-order valence-electron chi connectivity index (χ1n) is 8.70. The number of aryl methyl sites for hydroxylation is 1. The lowest BCUT2D eigenvalue weighted by Gasteiger charge is -2.29. The zero-order valence-corrected chi connectivity index (χ0v) is 14.5. The number of ketones is 2. The molecule has 0 saturated carbocycles. The van der Waals surface area contributed by atoms with E-state index in [9.17, 15) is 14.7 Å². The molecule has 3 aliphatic rings. The molecule has 1 aromatic heterocycles. The number of benzene rings is 1. The number of carbonyl (C=O) groups excluding carboxylic acids is 2. The predicted molar refractivity (Wildman–Crippen MR) is 93.3 cm³/mol. The Morgan fingerprint density at radius 2 is 2.00 bits per heavy atom. The van der Waals surface area contributed by atoms with Crippen molar-refractivity contribution in [2.45, 2.75) is 32.0 Å². The van der Waals surface area contributed by atoms with Gasteiger partial charge in [-0.05, 0) is 19.1 Å². The minimum absolute atomic E-state index is 0.0846. The number of allylic oxidation sites excluding steroid dienone is 2. The quantitative estimate of drug-likeness (QED) is 0.826. The van der Waals surface area contributed by atoms with E-state index in [2.05, 4.69) is 10.3 Å². The van der Waals surface area contributed by atoms with Crippen LogP contribution in [0.15, 0.2) is 36.0 Å². The Hall–Kier alpha value is -2.81. The lowest BCUT2D eigenvalue weighted by molar-refractivity contribution is -0.0992. The monoisotopic (exact) mass is 367 g/mol. The van der Waals surface area contributed by atoms with Crippen LogP contribution in [0.4, 0.5) is 5.69 Å². The minimum atomic E-state index is -0.773. The van der Waals surface area contributed by atoms with Gasteiger partial charge in [-0.25, -0.2) is 4.98 Å².